The molecule has 1 aliphatic rings. The molecule has 1 aromatic carbocycles. The Kier molecular flexibility index (Phi) is 13.9. The highest BCUT2D eigenvalue weighted by Crippen LogP contribution is 2.42. The van der Waals surface area contributed by atoms with E-state index in [1.807, 2.05) is 20.8 Å². The van der Waals surface area contributed by atoms with Gasteiger partial charge in [0.15, 0.2) is 0 Å². The molecule has 3 unspecified atom stereocenters. The lowest BCUT2D eigenvalue weighted by molar-refractivity contribution is -0.157. The van der Waals surface area contributed by atoms with Crippen molar-refractivity contribution in [3.8, 4) is 0 Å². The molecule has 1 aromatic rings. The summed E-state index contributed by atoms with van der Waals surface area (Å²) >= 11 is 0. The second-order valence-corrected chi connectivity index (χ2v) is 12.5. The van der Waals surface area contributed by atoms with Crippen LogP contribution in [0, 0.1) is 11.3 Å². The van der Waals surface area contributed by atoms with E-state index >= 15 is 0 Å². The summed E-state index contributed by atoms with van der Waals surface area (Å²) < 4.78 is 20.9. The summed E-state index contributed by atoms with van der Waals surface area (Å²) in [5.41, 5.74) is -0.908. The quantitative estimate of drug-likeness (QED) is 0.126. The van der Waals surface area contributed by atoms with Crippen molar-refractivity contribution < 1.29 is 48.3 Å². The van der Waals surface area contributed by atoms with Crippen molar-refractivity contribution in [3.63, 3.8) is 0 Å². The zero-order valence-electron chi connectivity index (χ0n) is 26.2. The van der Waals surface area contributed by atoms with Crippen LogP contribution in [0.4, 0.5) is 0 Å². The van der Waals surface area contributed by atoms with Crippen molar-refractivity contribution >= 4 is 23.9 Å². The van der Waals surface area contributed by atoms with Gasteiger partial charge in [0.05, 0.1) is 23.7 Å². The van der Waals surface area contributed by atoms with Crippen molar-refractivity contribution in [1.29, 1.82) is 0 Å². The van der Waals surface area contributed by atoms with E-state index in [1.165, 1.54) is 25.0 Å². The first-order valence-corrected chi connectivity index (χ1v) is 15.0. The van der Waals surface area contributed by atoms with Gasteiger partial charge in [0.1, 0.15) is 31.5 Å². The predicted octanol–water partition coefficient (Wildman–Crippen LogP) is 4.94. The van der Waals surface area contributed by atoms with Gasteiger partial charge in [-0.05, 0) is 56.1 Å². The average Bonchev–Trinajstić information content (AvgIpc) is 3.76. The van der Waals surface area contributed by atoms with E-state index in [4.69, 9.17) is 18.9 Å². The molecule has 0 heterocycles. The normalized spacial score (nSPS) is 15.9. The van der Waals surface area contributed by atoms with Gasteiger partial charge in [0.2, 0.25) is 0 Å². The van der Waals surface area contributed by atoms with Crippen LogP contribution in [0.1, 0.15) is 107 Å². The maximum absolute atomic E-state index is 12.7. The third kappa shape index (κ3) is 12.9. The molecule has 1 saturated carbocycles. The van der Waals surface area contributed by atoms with Crippen LogP contribution in [-0.2, 0) is 28.5 Å². The Labute approximate surface area is 254 Å². The molecule has 240 valence electrons. The number of esters is 4. The number of carbonyl (C=O) groups excluding carboxylic acids is 4. The first-order valence-electron chi connectivity index (χ1n) is 15.0. The third-order valence-corrected chi connectivity index (χ3v) is 7.46. The fraction of sp³-hybridized carbons (Fsp3) is 0.636. The van der Waals surface area contributed by atoms with Crippen LogP contribution in [0.3, 0.4) is 0 Å². The van der Waals surface area contributed by atoms with Crippen LogP contribution in [-0.4, -0.2) is 71.7 Å². The van der Waals surface area contributed by atoms with Crippen LogP contribution < -0.4 is 0 Å². The molecule has 2 rings (SSSR count). The minimum Gasteiger partial charge on any atom is -0.463 e. The molecule has 3 atom stereocenters. The standard InChI is InChI=1S/C33H48O10/c1-7-15-33(6,8-2)43-29(37)22(3)16-28(36)40-20-25(35)21-42-31(39)27-12-10-9-11-26(27)30(38)41-19-24(34)18-32(4,5)17-23-13-14-23/h9-12,23-25,34-35H,3,7-8,13-21H2,1-2,4-6H3. The number of hydrogen-bond donors (Lipinski definition) is 2. The summed E-state index contributed by atoms with van der Waals surface area (Å²) in [7, 11) is 0. The molecular formula is C33H48O10. The smallest absolute Gasteiger partial charge is 0.339 e. The van der Waals surface area contributed by atoms with E-state index in [9.17, 15) is 29.4 Å². The Morgan fingerprint density at radius 2 is 1.44 bits per heavy atom. The van der Waals surface area contributed by atoms with Crippen LogP contribution >= 0.6 is 0 Å². The topological polar surface area (TPSA) is 146 Å². The van der Waals surface area contributed by atoms with Gasteiger partial charge in [0, 0.05) is 5.57 Å². The lowest BCUT2D eigenvalue weighted by Gasteiger charge is -2.28. The van der Waals surface area contributed by atoms with Crippen molar-refractivity contribution in [2.45, 2.75) is 104 Å². The van der Waals surface area contributed by atoms with E-state index in [-0.39, 0.29) is 28.7 Å². The van der Waals surface area contributed by atoms with E-state index in [2.05, 4.69) is 20.4 Å². The number of benzene rings is 1. The molecule has 0 spiro atoms. The highest BCUT2D eigenvalue weighted by atomic mass is 16.6. The molecule has 1 aliphatic carbocycles. The molecule has 0 amide bonds. The summed E-state index contributed by atoms with van der Waals surface area (Å²) in [4.78, 5) is 49.9. The third-order valence-electron chi connectivity index (χ3n) is 7.46. The Balaban J connectivity index is 1.79. The summed E-state index contributed by atoms with van der Waals surface area (Å²) in [6, 6.07) is 5.90. The largest absolute Gasteiger partial charge is 0.463 e. The molecule has 10 heteroatoms. The van der Waals surface area contributed by atoms with Gasteiger partial charge in [-0.2, -0.15) is 0 Å². The Bertz CT molecular complexity index is 1120. The van der Waals surface area contributed by atoms with Crippen molar-refractivity contribution in [1.82, 2.24) is 0 Å². The maximum atomic E-state index is 12.7. The van der Waals surface area contributed by atoms with Gasteiger partial charge in [-0.25, -0.2) is 14.4 Å². The monoisotopic (exact) mass is 604 g/mol. The van der Waals surface area contributed by atoms with Gasteiger partial charge in [-0.15, -0.1) is 0 Å². The van der Waals surface area contributed by atoms with E-state index in [0.717, 1.165) is 12.8 Å². The highest BCUT2D eigenvalue weighted by Gasteiger charge is 2.32. The zero-order valence-corrected chi connectivity index (χ0v) is 26.2. The van der Waals surface area contributed by atoms with Crippen LogP contribution in [0.25, 0.3) is 0 Å². The average molecular weight is 605 g/mol. The molecule has 1 fully saturated rings. The molecular weight excluding hydrogens is 556 g/mol. The van der Waals surface area contributed by atoms with Gasteiger partial charge in [-0.3, -0.25) is 4.79 Å². The maximum Gasteiger partial charge on any atom is 0.339 e. The fourth-order valence-electron chi connectivity index (χ4n) is 4.88. The Morgan fingerprint density at radius 1 is 0.907 bits per heavy atom. The molecule has 10 nitrogen and oxygen atoms in total. The Hall–Kier alpha value is -3.24. The summed E-state index contributed by atoms with van der Waals surface area (Å²) in [6.45, 7) is 12.3. The van der Waals surface area contributed by atoms with Crippen LogP contribution in [0.15, 0.2) is 36.4 Å². The molecule has 0 bridgehead atoms. The van der Waals surface area contributed by atoms with Gasteiger partial charge in [-0.1, -0.05) is 65.7 Å². The minimum atomic E-state index is -1.35. The van der Waals surface area contributed by atoms with E-state index < -0.39 is 61.3 Å². The summed E-state index contributed by atoms with van der Waals surface area (Å²) in [5, 5.41) is 20.6. The van der Waals surface area contributed by atoms with Gasteiger partial charge >= 0.3 is 23.9 Å². The molecule has 0 aliphatic heterocycles. The van der Waals surface area contributed by atoms with Crippen molar-refractivity contribution in [2.24, 2.45) is 11.3 Å². The number of hydrogen-bond acceptors (Lipinski definition) is 10. The number of aliphatic hydroxyl groups is 2. The fourth-order valence-corrected chi connectivity index (χ4v) is 4.88. The second-order valence-electron chi connectivity index (χ2n) is 12.5. The van der Waals surface area contributed by atoms with Crippen LogP contribution in [0.5, 0.6) is 0 Å². The van der Waals surface area contributed by atoms with Crippen molar-refractivity contribution in [3.05, 3.63) is 47.5 Å². The Morgan fingerprint density at radius 3 is 1.95 bits per heavy atom. The number of aliphatic hydroxyl groups excluding tert-OH is 2. The first-order chi connectivity index (χ1) is 20.2. The van der Waals surface area contributed by atoms with E-state index in [1.54, 1.807) is 12.1 Å². The minimum absolute atomic E-state index is 0.0404. The zero-order chi connectivity index (χ0) is 32.2. The van der Waals surface area contributed by atoms with Crippen LogP contribution in [0.2, 0.25) is 0 Å². The lowest BCUT2D eigenvalue weighted by Crippen LogP contribution is -2.32. The highest BCUT2D eigenvalue weighted by molar-refractivity contribution is 6.03. The SMILES string of the molecule is C=C(CC(=O)OCC(O)COC(=O)c1ccccc1C(=O)OCC(O)CC(C)(C)CC1CC1)C(=O)OC(C)(CC)CCC. The number of ether oxygens (including phenoxy) is 4. The summed E-state index contributed by atoms with van der Waals surface area (Å²) in [5.74, 6) is -2.45. The van der Waals surface area contributed by atoms with Gasteiger partial charge in [0.25, 0.3) is 0 Å². The molecule has 0 saturated heterocycles. The molecule has 43 heavy (non-hydrogen) atoms. The predicted molar refractivity (Wildman–Crippen MR) is 159 cm³/mol. The molecule has 2 N–H and O–H groups in total. The summed E-state index contributed by atoms with van der Waals surface area (Å²) in [6.07, 6.45) is 3.44. The first kappa shape index (κ1) is 36.0. The van der Waals surface area contributed by atoms with Crippen molar-refractivity contribution in [2.75, 3.05) is 19.8 Å². The molecule has 0 aromatic heterocycles. The lowest BCUT2D eigenvalue weighted by atomic mass is 9.82. The van der Waals surface area contributed by atoms with E-state index in [0.29, 0.717) is 25.2 Å². The number of carbonyl (C=O) groups is 4. The van der Waals surface area contributed by atoms with Gasteiger partial charge < -0.3 is 29.2 Å². The number of rotatable bonds is 19. The molecule has 0 radical (unpaired) electrons. The second kappa shape index (κ2) is 16.6.